The Hall–Kier alpha value is -0.730. The standard InChI is InChI=1S/C6H7F2N/c1-4-2-3-9-6(8)5(4)7/h2-3H2,1H3. The van der Waals surface area contributed by atoms with Crippen LogP contribution in [0.4, 0.5) is 8.78 Å². The van der Waals surface area contributed by atoms with Crippen LogP contribution in [0.1, 0.15) is 13.3 Å². The Kier molecular flexibility index (Phi) is 1.60. The van der Waals surface area contributed by atoms with Gasteiger partial charge in [0.2, 0.25) is 5.97 Å². The zero-order chi connectivity index (χ0) is 6.85. The normalized spacial score (nSPS) is 20.1. The molecular formula is C6H7F2N. The average molecular weight is 131 g/mol. The Morgan fingerprint density at radius 3 is 2.56 bits per heavy atom. The summed E-state index contributed by atoms with van der Waals surface area (Å²) in [5.41, 5.74) is 0.461. The SMILES string of the molecule is CC1=C(F)C(F)=NCC1. The highest BCUT2D eigenvalue weighted by Crippen LogP contribution is 2.16. The summed E-state index contributed by atoms with van der Waals surface area (Å²) in [4.78, 5) is 3.28. The molecule has 50 valence electrons. The summed E-state index contributed by atoms with van der Waals surface area (Å²) in [6, 6.07) is 0. The zero-order valence-electron chi connectivity index (χ0n) is 5.12. The summed E-state index contributed by atoms with van der Waals surface area (Å²) in [5.74, 6) is -1.72. The van der Waals surface area contributed by atoms with Gasteiger partial charge >= 0.3 is 0 Å². The lowest BCUT2D eigenvalue weighted by Gasteiger charge is -2.05. The highest BCUT2D eigenvalue weighted by Gasteiger charge is 2.12. The van der Waals surface area contributed by atoms with Gasteiger partial charge in [-0.25, -0.2) is 4.39 Å². The number of allylic oxidation sites excluding steroid dienone is 1. The molecule has 0 bridgehead atoms. The maximum Gasteiger partial charge on any atom is 0.244 e. The second-order valence-electron chi connectivity index (χ2n) is 2.02. The number of nitrogens with zero attached hydrogens (tertiary/aromatic N) is 1. The minimum Gasteiger partial charge on any atom is -0.255 e. The molecule has 0 saturated carbocycles. The molecule has 0 fully saturated rings. The topological polar surface area (TPSA) is 12.4 Å². The minimum absolute atomic E-state index is 0.380. The maximum atomic E-state index is 12.3. The third-order valence-electron chi connectivity index (χ3n) is 1.29. The fourth-order valence-corrected chi connectivity index (χ4v) is 0.677. The van der Waals surface area contributed by atoms with Crippen LogP contribution in [0, 0.1) is 0 Å². The van der Waals surface area contributed by atoms with Crippen molar-refractivity contribution in [3.05, 3.63) is 11.4 Å². The van der Waals surface area contributed by atoms with E-state index < -0.39 is 11.8 Å². The zero-order valence-corrected chi connectivity index (χ0v) is 5.12. The first-order valence-electron chi connectivity index (χ1n) is 2.77. The molecule has 1 rings (SSSR count). The summed E-state index contributed by atoms with van der Waals surface area (Å²) < 4.78 is 24.5. The molecule has 0 aromatic rings. The molecule has 0 amide bonds. The van der Waals surface area contributed by atoms with E-state index in [1.165, 1.54) is 0 Å². The van der Waals surface area contributed by atoms with Crippen molar-refractivity contribution in [2.75, 3.05) is 6.54 Å². The molecule has 3 heteroatoms. The molecule has 0 spiro atoms. The first-order valence-corrected chi connectivity index (χ1v) is 2.77. The van der Waals surface area contributed by atoms with Gasteiger partial charge in [0.15, 0.2) is 5.83 Å². The smallest absolute Gasteiger partial charge is 0.244 e. The van der Waals surface area contributed by atoms with Crippen LogP contribution in [0.2, 0.25) is 0 Å². The van der Waals surface area contributed by atoms with Crippen molar-refractivity contribution < 1.29 is 8.78 Å². The molecule has 0 aromatic carbocycles. The largest absolute Gasteiger partial charge is 0.255 e. The van der Waals surface area contributed by atoms with Gasteiger partial charge in [-0.3, -0.25) is 4.99 Å². The minimum atomic E-state index is -0.946. The lowest BCUT2D eigenvalue weighted by Crippen LogP contribution is -2.02. The van der Waals surface area contributed by atoms with Gasteiger partial charge in [-0.1, -0.05) is 0 Å². The van der Waals surface area contributed by atoms with Gasteiger partial charge in [-0.05, 0) is 18.9 Å². The second kappa shape index (κ2) is 2.25. The third kappa shape index (κ3) is 1.15. The third-order valence-corrected chi connectivity index (χ3v) is 1.29. The van der Waals surface area contributed by atoms with Crippen LogP contribution in [0.25, 0.3) is 0 Å². The highest BCUT2D eigenvalue weighted by atomic mass is 19.2. The fourth-order valence-electron chi connectivity index (χ4n) is 0.677. The van der Waals surface area contributed by atoms with Crippen molar-refractivity contribution in [1.29, 1.82) is 0 Å². The molecule has 0 unspecified atom stereocenters. The van der Waals surface area contributed by atoms with E-state index in [0.717, 1.165) is 0 Å². The number of hydrogen-bond acceptors (Lipinski definition) is 1. The van der Waals surface area contributed by atoms with Crippen LogP contribution in [0.15, 0.2) is 16.4 Å². The van der Waals surface area contributed by atoms with Crippen LogP contribution in [-0.4, -0.2) is 12.5 Å². The predicted molar refractivity (Wildman–Crippen MR) is 31.8 cm³/mol. The van der Waals surface area contributed by atoms with Gasteiger partial charge in [-0.2, -0.15) is 4.39 Å². The summed E-state index contributed by atoms with van der Waals surface area (Å²) in [6.45, 7) is 1.95. The van der Waals surface area contributed by atoms with Crippen molar-refractivity contribution in [2.24, 2.45) is 4.99 Å². The van der Waals surface area contributed by atoms with E-state index in [2.05, 4.69) is 4.99 Å². The van der Waals surface area contributed by atoms with Crippen LogP contribution in [0.5, 0.6) is 0 Å². The van der Waals surface area contributed by atoms with E-state index in [1.54, 1.807) is 6.92 Å². The van der Waals surface area contributed by atoms with E-state index in [9.17, 15) is 8.78 Å². The lowest BCUT2D eigenvalue weighted by molar-refractivity contribution is 0.607. The molecule has 0 radical (unpaired) electrons. The van der Waals surface area contributed by atoms with Gasteiger partial charge in [-0.15, -0.1) is 0 Å². The molecule has 1 aliphatic rings. The first-order chi connectivity index (χ1) is 4.22. The summed E-state index contributed by atoms with van der Waals surface area (Å²) >= 11 is 0. The van der Waals surface area contributed by atoms with Crippen molar-refractivity contribution in [2.45, 2.75) is 13.3 Å². The monoisotopic (exact) mass is 131 g/mol. The number of halogens is 2. The number of rotatable bonds is 0. The van der Waals surface area contributed by atoms with Gasteiger partial charge < -0.3 is 0 Å². The first kappa shape index (κ1) is 6.39. The van der Waals surface area contributed by atoms with E-state index in [-0.39, 0.29) is 0 Å². The summed E-state index contributed by atoms with van der Waals surface area (Å²) in [7, 11) is 0. The fraction of sp³-hybridized carbons (Fsp3) is 0.500. The Balaban J connectivity index is 2.88. The Morgan fingerprint density at radius 1 is 1.44 bits per heavy atom. The molecule has 0 saturated heterocycles. The van der Waals surface area contributed by atoms with Crippen LogP contribution in [-0.2, 0) is 0 Å². The second-order valence-corrected chi connectivity index (χ2v) is 2.02. The molecule has 1 heterocycles. The molecule has 0 aromatic heterocycles. The van der Waals surface area contributed by atoms with E-state index in [0.29, 0.717) is 18.5 Å². The number of aliphatic imine (C=N–C) groups is 1. The van der Waals surface area contributed by atoms with Crippen LogP contribution < -0.4 is 0 Å². The quantitative estimate of drug-likeness (QED) is 0.476. The van der Waals surface area contributed by atoms with Gasteiger partial charge in [0.1, 0.15) is 0 Å². The Bertz CT molecular complexity index is 181. The van der Waals surface area contributed by atoms with Crippen molar-refractivity contribution >= 4 is 5.97 Å². The number of dihydropyridines is 1. The molecular weight excluding hydrogens is 124 g/mol. The molecule has 1 aliphatic heterocycles. The van der Waals surface area contributed by atoms with Crippen molar-refractivity contribution in [3.63, 3.8) is 0 Å². The molecule has 0 atom stereocenters. The van der Waals surface area contributed by atoms with E-state index in [4.69, 9.17) is 0 Å². The van der Waals surface area contributed by atoms with Crippen molar-refractivity contribution in [3.8, 4) is 0 Å². The Morgan fingerprint density at radius 2 is 2.11 bits per heavy atom. The molecule has 0 N–H and O–H groups in total. The Labute approximate surface area is 52.1 Å². The lowest BCUT2D eigenvalue weighted by atomic mass is 10.1. The molecule has 9 heavy (non-hydrogen) atoms. The molecule has 1 nitrogen and oxygen atoms in total. The van der Waals surface area contributed by atoms with Crippen molar-refractivity contribution in [1.82, 2.24) is 0 Å². The maximum absolute atomic E-state index is 12.3. The van der Waals surface area contributed by atoms with Gasteiger partial charge in [0, 0.05) is 6.54 Å². The highest BCUT2D eigenvalue weighted by molar-refractivity contribution is 5.91. The van der Waals surface area contributed by atoms with Gasteiger partial charge in [0.05, 0.1) is 0 Å². The number of hydrogen-bond donors (Lipinski definition) is 0. The van der Waals surface area contributed by atoms with E-state index in [1.807, 2.05) is 0 Å². The van der Waals surface area contributed by atoms with Crippen LogP contribution in [0.3, 0.4) is 0 Å². The summed E-state index contributed by atoms with van der Waals surface area (Å²) in [5, 5.41) is 0. The van der Waals surface area contributed by atoms with Crippen LogP contribution >= 0.6 is 0 Å². The van der Waals surface area contributed by atoms with Gasteiger partial charge in [0.25, 0.3) is 0 Å². The average Bonchev–Trinajstić information content (AvgIpc) is 1.83. The van der Waals surface area contributed by atoms with E-state index >= 15 is 0 Å². The molecule has 0 aliphatic carbocycles. The summed E-state index contributed by atoms with van der Waals surface area (Å²) in [6.07, 6.45) is 0.541. The predicted octanol–water partition coefficient (Wildman–Crippen LogP) is 2.00.